The van der Waals surface area contributed by atoms with Gasteiger partial charge in [0.05, 0.1) is 52.7 Å². The summed E-state index contributed by atoms with van der Waals surface area (Å²) >= 11 is 0. The van der Waals surface area contributed by atoms with Crippen molar-refractivity contribution >= 4 is 23.9 Å². The summed E-state index contributed by atoms with van der Waals surface area (Å²) in [5.74, 6) is 0.696. The van der Waals surface area contributed by atoms with Crippen molar-refractivity contribution in [3.05, 3.63) is 59.7 Å². The highest BCUT2D eigenvalue weighted by atomic mass is 16.5. The van der Waals surface area contributed by atoms with Crippen LogP contribution in [0.5, 0.6) is 0 Å². The van der Waals surface area contributed by atoms with Gasteiger partial charge in [-0.1, -0.05) is 54.5 Å². The van der Waals surface area contributed by atoms with Gasteiger partial charge < -0.3 is 44.7 Å². The Morgan fingerprint density at radius 2 is 1.37 bits per heavy atom. The molecule has 3 amide bonds. The van der Waals surface area contributed by atoms with Gasteiger partial charge in [-0.2, -0.15) is 0 Å². The van der Waals surface area contributed by atoms with E-state index in [0.29, 0.717) is 39.0 Å². The van der Waals surface area contributed by atoms with Crippen molar-refractivity contribution in [1.29, 1.82) is 0 Å². The maximum Gasteiger partial charge on any atom is 0.407 e. The minimum Gasteiger partial charge on any atom is -0.481 e. The third kappa shape index (κ3) is 14.7. The van der Waals surface area contributed by atoms with Crippen molar-refractivity contribution in [3.8, 4) is 23.5 Å². The number of aliphatic carboxylic acids is 1. The van der Waals surface area contributed by atoms with Crippen molar-refractivity contribution in [1.82, 2.24) is 16.0 Å². The second-order valence-electron chi connectivity index (χ2n) is 11.1. The zero-order valence-corrected chi connectivity index (χ0v) is 27.8. The van der Waals surface area contributed by atoms with Gasteiger partial charge in [0, 0.05) is 25.4 Å². The molecule has 13 nitrogen and oxygen atoms in total. The summed E-state index contributed by atoms with van der Waals surface area (Å²) in [6, 6.07) is 15.5. The first-order valence-electron chi connectivity index (χ1n) is 16.5. The fourth-order valence-corrected chi connectivity index (χ4v) is 5.22. The summed E-state index contributed by atoms with van der Waals surface area (Å²) < 4.78 is 26.7. The van der Waals surface area contributed by atoms with Crippen LogP contribution in [-0.2, 0) is 38.1 Å². The molecule has 0 saturated heterocycles. The number of terminal acetylenes is 1. The first-order valence-corrected chi connectivity index (χ1v) is 16.5. The number of nitrogens with one attached hydrogen (secondary N) is 3. The van der Waals surface area contributed by atoms with Crippen molar-refractivity contribution in [2.75, 3.05) is 72.6 Å². The molecule has 266 valence electrons. The number of amides is 3. The maximum absolute atomic E-state index is 12.9. The van der Waals surface area contributed by atoms with Crippen LogP contribution in [0.4, 0.5) is 4.79 Å². The number of ether oxygens (including phenoxy) is 5. The number of carbonyl (C=O) groups excluding carboxylic acids is 3. The Morgan fingerprint density at radius 1 is 0.755 bits per heavy atom. The third-order valence-corrected chi connectivity index (χ3v) is 7.59. The highest BCUT2D eigenvalue weighted by Crippen LogP contribution is 2.44. The normalized spacial score (nSPS) is 12.3. The van der Waals surface area contributed by atoms with Gasteiger partial charge in [-0.05, 0) is 41.5 Å². The lowest BCUT2D eigenvalue weighted by Gasteiger charge is -2.19. The van der Waals surface area contributed by atoms with Gasteiger partial charge >= 0.3 is 12.1 Å². The maximum atomic E-state index is 12.9. The molecule has 1 unspecified atom stereocenters. The van der Waals surface area contributed by atoms with Crippen LogP contribution in [0.15, 0.2) is 48.5 Å². The number of carboxylic acid groups (broad SMARTS) is 1. The smallest absolute Gasteiger partial charge is 0.407 e. The van der Waals surface area contributed by atoms with Crippen LogP contribution in [-0.4, -0.2) is 108 Å². The standard InChI is InChI=1S/C36H47N3O10/c1-2-18-45-22-23-46-19-14-33(40)39-32(35(43)37-17-21-48-25-24-47-20-15-34(41)42)13-7-8-16-38-36(44)49-26-31-29-11-5-3-9-27(29)28-10-4-6-12-30(28)31/h1,3-6,9-12,31-32H,7-8,13-26H2,(H,37,43)(H,38,44)(H,39,40)(H,41,42). The fraction of sp³-hybridized carbons (Fsp3) is 0.500. The summed E-state index contributed by atoms with van der Waals surface area (Å²) in [4.78, 5) is 48.5. The predicted octanol–water partition coefficient (Wildman–Crippen LogP) is 2.86. The van der Waals surface area contributed by atoms with E-state index in [9.17, 15) is 19.2 Å². The molecule has 1 atom stereocenters. The molecule has 3 rings (SSSR count). The highest BCUT2D eigenvalue weighted by molar-refractivity contribution is 5.87. The van der Waals surface area contributed by atoms with E-state index in [1.54, 1.807) is 0 Å². The summed E-state index contributed by atoms with van der Waals surface area (Å²) in [5, 5.41) is 16.9. The fourth-order valence-electron chi connectivity index (χ4n) is 5.22. The van der Waals surface area contributed by atoms with Crippen LogP contribution >= 0.6 is 0 Å². The molecule has 0 aromatic heterocycles. The molecule has 0 spiro atoms. The average Bonchev–Trinajstić information content (AvgIpc) is 3.42. The Labute approximate surface area is 287 Å². The minimum absolute atomic E-state index is 0.0317. The number of fused-ring (bicyclic) bond motifs is 3. The molecule has 0 bridgehead atoms. The first kappa shape index (κ1) is 39.0. The van der Waals surface area contributed by atoms with Gasteiger partial charge in [0.25, 0.3) is 0 Å². The summed E-state index contributed by atoms with van der Waals surface area (Å²) in [6.45, 7) is 2.54. The molecule has 49 heavy (non-hydrogen) atoms. The van der Waals surface area contributed by atoms with Gasteiger partial charge in [-0.15, -0.1) is 6.42 Å². The van der Waals surface area contributed by atoms with E-state index >= 15 is 0 Å². The predicted molar refractivity (Wildman–Crippen MR) is 181 cm³/mol. The Morgan fingerprint density at radius 3 is 2.02 bits per heavy atom. The van der Waals surface area contributed by atoms with E-state index in [-0.39, 0.29) is 83.4 Å². The lowest BCUT2D eigenvalue weighted by atomic mass is 9.98. The number of benzene rings is 2. The van der Waals surface area contributed by atoms with Crippen LogP contribution in [0.1, 0.15) is 49.1 Å². The van der Waals surface area contributed by atoms with Crippen molar-refractivity contribution < 1.29 is 48.0 Å². The van der Waals surface area contributed by atoms with Crippen molar-refractivity contribution in [3.63, 3.8) is 0 Å². The topological polar surface area (TPSA) is 171 Å². The summed E-state index contributed by atoms with van der Waals surface area (Å²) in [6.07, 6.45) is 6.06. The van der Waals surface area contributed by atoms with Gasteiger partial charge in [-0.3, -0.25) is 14.4 Å². The van der Waals surface area contributed by atoms with Gasteiger partial charge in [0.2, 0.25) is 11.8 Å². The molecule has 0 saturated carbocycles. The largest absolute Gasteiger partial charge is 0.481 e. The van der Waals surface area contributed by atoms with Crippen molar-refractivity contribution in [2.24, 2.45) is 0 Å². The molecule has 0 aliphatic heterocycles. The Kier molecular flexibility index (Phi) is 18.3. The lowest BCUT2D eigenvalue weighted by molar-refractivity contribution is -0.138. The second kappa shape index (κ2) is 23.0. The molecule has 0 fully saturated rings. The van der Waals surface area contributed by atoms with Crippen LogP contribution in [0.2, 0.25) is 0 Å². The average molecular weight is 682 g/mol. The van der Waals surface area contributed by atoms with Crippen molar-refractivity contribution in [2.45, 2.75) is 44.1 Å². The summed E-state index contributed by atoms with van der Waals surface area (Å²) in [5.41, 5.74) is 4.58. The van der Waals surface area contributed by atoms with E-state index in [1.807, 2.05) is 24.3 Å². The molecular formula is C36H47N3O10. The van der Waals surface area contributed by atoms with Gasteiger partial charge in [-0.25, -0.2) is 4.79 Å². The van der Waals surface area contributed by atoms with E-state index in [0.717, 1.165) is 22.3 Å². The monoisotopic (exact) mass is 681 g/mol. The Hall–Kier alpha value is -4.48. The number of carboxylic acids is 1. The molecule has 13 heteroatoms. The molecule has 2 aromatic rings. The zero-order valence-electron chi connectivity index (χ0n) is 27.8. The van der Waals surface area contributed by atoms with E-state index in [4.69, 9.17) is 35.2 Å². The van der Waals surface area contributed by atoms with E-state index in [1.165, 1.54) is 0 Å². The lowest BCUT2D eigenvalue weighted by Crippen LogP contribution is -2.47. The summed E-state index contributed by atoms with van der Waals surface area (Å²) in [7, 11) is 0. The first-order chi connectivity index (χ1) is 23.9. The number of hydrogen-bond acceptors (Lipinski definition) is 9. The SMILES string of the molecule is C#CCOCCOCCC(=O)NC(CCCCNC(=O)OCC1c2ccccc2-c2ccccc21)C(=O)NCCOCCOCCC(=O)O. The molecule has 2 aromatic carbocycles. The quantitative estimate of drug-likeness (QED) is 0.0903. The molecule has 0 radical (unpaired) electrons. The third-order valence-electron chi connectivity index (χ3n) is 7.59. The van der Waals surface area contributed by atoms with Gasteiger partial charge in [0.1, 0.15) is 19.3 Å². The number of unbranched alkanes of at least 4 members (excludes halogenated alkanes) is 1. The van der Waals surface area contributed by atoms with Crippen LogP contribution in [0.25, 0.3) is 11.1 Å². The van der Waals surface area contributed by atoms with E-state index in [2.05, 4.69) is 46.1 Å². The highest BCUT2D eigenvalue weighted by Gasteiger charge is 2.29. The number of alkyl carbamates (subject to hydrolysis) is 1. The molecular weight excluding hydrogens is 634 g/mol. The Bertz CT molecular complexity index is 1330. The molecule has 0 heterocycles. The number of rotatable bonds is 25. The van der Waals surface area contributed by atoms with E-state index < -0.39 is 18.1 Å². The molecule has 4 N–H and O–H groups in total. The van der Waals surface area contributed by atoms with Crippen LogP contribution in [0.3, 0.4) is 0 Å². The van der Waals surface area contributed by atoms with Crippen LogP contribution in [0, 0.1) is 12.3 Å². The minimum atomic E-state index is -0.935. The molecule has 1 aliphatic carbocycles. The zero-order chi connectivity index (χ0) is 35.1. The van der Waals surface area contributed by atoms with Gasteiger partial charge in [0.15, 0.2) is 0 Å². The Balaban J connectivity index is 1.37. The second-order valence-corrected chi connectivity index (χ2v) is 11.1. The van der Waals surface area contributed by atoms with Crippen LogP contribution < -0.4 is 16.0 Å². The number of hydrogen-bond donors (Lipinski definition) is 4. The molecule has 1 aliphatic rings. The number of carbonyl (C=O) groups is 4.